The molecule has 404 valence electrons. The number of rotatable bonds is 22. The van der Waals surface area contributed by atoms with Crippen LogP contribution in [0, 0.1) is 0 Å². The van der Waals surface area contributed by atoms with Crippen LogP contribution in [-0.4, -0.2) is 118 Å². The van der Waals surface area contributed by atoms with Crippen molar-refractivity contribution in [2.24, 2.45) is 0 Å². The Labute approximate surface area is 335 Å². The molecule has 0 radical (unpaired) electrons. The summed E-state index contributed by atoms with van der Waals surface area (Å²) in [5.41, 5.74) is 0. The summed E-state index contributed by atoms with van der Waals surface area (Å²) < 4.78 is 579. The van der Waals surface area contributed by atoms with Crippen LogP contribution in [0.5, 0.6) is 0 Å². The van der Waals surface area contributed by atoms with Crippen LogP contribution in [0.1, 0.15) is 13.8 Å². The highest BCUT2D eigenvalue weighted by atomic mass is 31.2. The molecule has 0 amide bonds. The van der Waals surface area contributed by atoms with Crippen molar-refractivity contribution in [2.75, 3.05) is 0 Å². The third kappa shape index (κ3) is 7.07. The zero-order valence-corrected chi connectivity index (χ0v) is 30.1. The van der Waals surface area contributed by atoms with E-state index in [-0.39, 0.29) is 0 Å². The molecule has 0 bridgehead atoms. The van der Waals surface area contributed by atoms with Gasteiger partial charge < -0.3 is 0 Å². The molecule has 67 heavy (non-hydrogen) atoms. The second-order valence-corrected chi connectivity index (χ2v) is 14.9. The summed E-state index contributed by atoms with van der Waals surface area (Å²) in [4.78, 5) is 0. The second-order valence-electron chi connectivity index (χ2n) is 12.8. The molecule has 0 saturated carbocycles. The third-order valence-electron chi connectivity index (χ3n) is 8.52. The van der Waals surface area contributed by atoms with Gasteiger partial charge >= 0.3 is 120 Å². The van der Waals surface area contributed by atoms with E-state index < -0.39 is 139 Å². The summed E-state index contributed by atoms with van der Waals surface area (Å²) in [7, 11) is -8.33. The molecule has 45 heteroatoms. The number of hydrogen-bond acceptors (Lipinski definition) is 3. The molecule has 0 aliphatic heterocycles. The van der Waals surface area contributed by atoms with Crippen LogP contribution >= 0.6 is 7.60 Å². The SMILES string of the molecule is CC(F)(F)C(F)(F)C(F)(F)C(F)(F)C(F)(F)C(F)(F)C(F)(F)C(F)(F)C(F)(F)C(F)(F)C(F)(F)C(F)(F)C(F)(F)C(F)(F)C(F)(F)C(F)(F)C(F)(F)C(F)(F)C(F)(F)C(C)(F)P(=O)(OF)OF. The van der Waals surface area contributed by atoms with Gasteiger partial charge in [-0.1, -0.05) is 0 Å². The monoisotopic (exact) mass is 1130 g/mol. The molecule has 0 aromatic heterocycles. The van der Waals surface area contributed by atoms with Crippen molar-refractivity contribution < 1.29 is 194 Å². The van der Waals surface area contributed by atoms with Crippen molar-refractivity contribution in [3.8, 4) is 0 Å². The zero-order chi connectivity index (χ0) is 55.9. The van der Waals surface area contributed by atoms with Crippen LogP contribution in [0.2, 0.25) is 0 Å². The van der Waals surface area contributed by atoms with Crippen LogP contribution in [0.15, 0.2) is 0 Å². The van der Waals surface area contributed by atoms with Crippen LogP contribution in [0.4, 0.5) is 180 Å². The Bertz CT molecular complexity index is 1840. The quantitative estimate of drug-likeness (QED) is 0.0801. The van der Waals surface area contributed by atoms with Gasteiger partial charge in [-0.3, -0.25) is 4.57 Å². The molecule has 0 heterocycles. The average Bonchev–Trinajstić information content (AvgIpc) is 3.12. The van der Waals surface area contributed by atoms with Crippen LogP contribution in [-0.2, 0) is 14.0 Å². The van der Waals surface area contributed by atoms with Gasteiger partial charge in [0.2, 0.25) is 0 Å². The van der Waals surface area contributed by atoms with Crippen LogP contribution in [0.3, 0.4) is 0 Å². The standard InChI is InChI=1S/C22H6F41O3P/c1-3(23,24)5(26,27)7(30,31)9(34,35)11(38,39)13(42,43)15(46,47)17(50,51)19(54,55)21(58,59)22(60,61)20(56,57)18(52,53)16(48,49)14(44,45)12(40,41)10(36,37)8(32,33)6(28,29)4(2,25)67(64,65-62)66-63/h1-2H3. The third-order valence-corrected chi connectivity index (χ3v) is 10.2. The first-order chi connectivity index (χ1) is 28.1. The minimum absolute atomic E-state index is 1.37. The van der Waals surface area contributed by atoms with E-state index in [2.05, 4.69) is 0 Å². The Balaban J connectivity index is 8.07. The molecule has 0 aromatic carbocycles. The Morgan fingerprint density at radius 2 is 0.328 bits per heavy atom. The van der Waals surface area contributed by atoms with E-state index >= 15 is 0 Å². The first kappa shape index (κ1) is 64.3. The Hall–Kier alpha value is -2.72. The smallest absolute Gasteiger partial charge is 0.251 e. The lowest BCUT2D eigenvalue weighted by Gasteiger charge is -2.47. The van der Waals surface area contributed by atoms with Crippen molar-refractivity contribution in [2.45, 2.75) is 132 Å². The fourth-order valence-corrected chi connectivity index (χ4v) is 4.79. The van der Waals surface area contributed by atoms with Gasteiger partial charge in [0.25, 0.3) is 5.41 Å². The summed E-state index contributed by atoms with van der Waals surface area (Å²) in [6, 6.07) is 0. The van der Waals surface area contributed by atoms with E-state index in [9.17, 15) is 185 Å². The predicted octanol–water partition coefficient (Wildman–Crippen LogP) is 14.8. The molecule has 1 unspecified atom stereocenters. The van der Waals surface area contributed by atoms with Crippen molar-refractivity contribution in [1.29, 1.82) is 0 Å². The molecule has 0 aliphatic carbocycles. The summed E-state index contributed by atoms with van der Waals surface area (Å²) in [5, 5.41) is -7.20. The lowest BCUT2D eigenvalue weighted by molar-refractivity contribution is -0.494. The van der Waals surface area contributed by atoms with Crippen LogP contribution < -0.4 is 0 Å². The maximum absolute atomic E-state index is 14.1. The lowest BCUT2D eigenvalue weighted by atomic mass is 9.81. The van der Waals surface area contributed by atoms with E-state index in [4.69, 9.17) is 0 Å². The first-order valence-electron chi connectivity index (χ1n) is 14.2. The molecule has 0 fully saturated rings. The summed E-state index contributed by atoms with van der Waals surface area (Å²) >= 11 is 0. The minimum Gasteiger partial charge on any atom is -0.251 e. The Kier molecular flexibility index (Phi) is 15.0. The largest absolute Gasteiger partial charge is 0.435 e. The van der Waals surface area contributed by atoms with Crippen molar-refractivity contribution in [3.05, 3.63) is 0 Å². The maximum Gasteiger partial charge on any atom is 0.435 e. The topological polar surface area (TPSA) is 35.5 Å². The molecule has 0 N–H and O–H groups in total. The highest BCUT2D eigenvalue weighted by Gasteiger charge is 3.03. The molecule has 0 rings (SSSR count). The minimum atomic E-state index is -10.6. The summed E-state index contributed by atoms with van der Waals surface area (Å²) in [6.45, 7) is -3.72. The predicted molar refractivity (Wildman–Crippen MR) is 121 cm³/mol. The van der Waals surface area contributed by atoms with Gasteiger partial charge in [-0.15, -0.1) is 9.46 Å². The molecular weight excluding hydrogens is 1120 g/mol. The number of hydrogen-bond donors (Lipinski definition) is 0. The number of alkyl halides is 39. The second kappa shape index (κ2) is 15.6. The van der Waals surface area contributed by atoms with Gasteiger partial charge in [0.05, 0.1) is 0 Å². The van der Waals surface area contributed by atoms with E-state index in [0.29, 0.717) is 0 Å². The molecule has 0 aliphatic rings. The molecule has 0 saturated heterocycles. The fraction of sp³-hybridized carbons (Fsp3) is 1.00. The van der Waals surface area contributed by atoms with Crippen LogP contribution in [0.25, 0.3) is 0 Å². The Morgan fingerprint density at radius 3 is 0.433 bits per heavy atom. The summed E-state index contributed by atoms with van der Waals surface area (Å²) in [6.07, 6.45) is 0. The zero-order valence-electron chi connectivity index (χ0n) is 29.2. The van der Waals surface area contributed by atoms with Gasteiger partial charge in [-0.2, -0.15) is 167 Å². The molecule has 1 atom stereocenters. The van der Waals surface area contributed by atoms with E-state index in [1.165, 1.54) is 9.46 Å². The Morgan fingerprint density at radius 1 is 0.224 bits per heavy atom. The molecule has 3 nitrogen and oxygen atoms in total. The van der Waals surface area contributed by atoms with Gasteiger partial charge in [0.15, 0.2) is 0 Å². The van der Waals surface area contributed by atoms with Gasteiger partial charge in [-0.05, 0) is 16.0 Å². The molecular formula is C22H6F41O3P. The van der Waals surface area contributed by atoms with Crippen molar-refractivity contribution in [1.82, 2.24) is 0 Å². The highest BCUT2D eigenvalue weighted by molar-refractivity contribution is 7.55. The highest BCUT2D eigenvalue weighted by Crippen LogP contribution is 2.74. The lowest BCUT2D eigenvalue weighted by Crippen LogP contribution is -2.80. The van der Waals surface area contributed by atoms with Gasteiger partial charge in [0.1, 0.15) is 0 Å². The van der Waals surface area contributed by atoms with E-state index in [1.807, 2.05) is 0 Å². The fourth-order valence-electron chi connectivity index (χ4n) is 4.03. The van der Waals surface area contributed by atoms with Crippen molar-refractivity contribution in [3.63, 3.8) is 0 Å². The van der Waals surface area contributed by atoms with E-state index in [1.54, 1.807) is 0 Å². The number of halogens is 41. The van der Waals surface area contributed by atoms with Crippen molar-refractivity contribution >= 4 is 7.60 Å². The molecule has 0 aromatic rings. The molecule has 0 spiro atoms. The normalized spacial score (nSPS) is 18.1. The first-order valence-corrected chi connectivity index (χ1v) is 15.7. The maximum atomic E-state index is 14.1. The van der Waals surface area contributed by atoms with Gasteiger partial charge in [0, 0.05) is 6.92 Å². The van der Waals surface area contributed by atoms with Gasteiger partial charge in [-0.25, -0.2) is 4.39 Å². The summed E-state index contributed by atoms with van der Waals surface area (Å²) in [5.74, 6) is -188. The van der Waals surface area contributed by atoms with E-state index in [0.717, 1.165) is 0 Å². The average molecular weight is 1130 g/mol.